The lowest BCUT2D eigenvalue weighted by atomic mass is 10.2. The number of benzene rings is 1. The maximum atomic E-state index is 10.3. The summed E-state index contributed by atoms with van der Waals surface area (Å²) in [4.78, 5) is 18.2. The molecule has 0 saturated heterocycles. The zero-order valence-electron chi connectivity index (χ0n) is 6.99. The standard InChI is InChI=1S/C7H6NO5P/c9-8(10)7-3-1-2-6(4-7)5-13-14(11)12/h1-4H,5H2/p+1. The molecule has 1 N–H and O–H groups in total. The van der Waals surface area contributed by atoms with E-state index in [2.05, 4.69) is 4.52 Å². The second-order valence-corrected chi connectivity index (χ2v) is 3.17. The van der Waals surface area contributed by atoms with Gasteiger partial charge in [0.05, 0.1) is 4.92 Å². The van der Waals surface area contributed by atoms with Crippen LogP contribution in [-0.4, -0.2) is 9.82 Å². The summed E-state index contributed by atoms with van der Waals surface area (Å²) in [5.74, 6) is 0. The number of hydrogen-bond donors (Lipinski definition) is 1. The van der Waals surface area contributed by atoms with Gasteiger partial charge in [-0.1, -0.05) is 12.1 Å². The molecule has 0 fully saturated rings. The molecular weight excluding hydrogens is 209 g/mol. The average Bonchev–Trinajstić information content (AvgIpc) is 2.15. The SMILES string of the molecule is O=[N+]([O-])c1cccc(CO[P+](=O)O)c1. The summed E-state index contributed by atoms with van der Waals surface area (Å²) in [5.41, 5.74) is 0.413. The molecule has 1 unspecified atom stereocenters. The van der Waals surface area contributed by atoms with Crippen LogP contribution < -0.4 is 0 Å². The molecule has 74 valence electrons. The van der Waals surface area contributed by atoms with E-state index in [-0.39, 0.29) is 12.3 Å². The molecule has 0 aromatic heterocycles. The van der Waals surface area contributed by atoms with Crippen molar-refractivity contribution in [2.75, 3.05) is 0 Å². The summed E-state index contributed by atoms with van der Waals surface area (Å²) < 4.78 is 14.6. The highest BCUT2D eigenvalue weighted by atomic mass is 31.1. The molecule has 1 atom stereocenters. The van der Waals surface area contributed by atoms with Crippen LogP contribution in [0.4, 0.5) is 5.69 Å². The van der Waals surface area contributed by atoms with E-state index < -0.39 is 13.2 Å². The van der Waals surface area contributed by atoms with E-state index in [4.69, 9.17) is 4.89 Å². The molecule has 1 aromatic rings. The van der Waals surface area contributed by atoms with Gasteiger partial charge in [-0.15, -0.1) is 9.42 Å². The Bertz CT molecular complexity index is 367. The molecule has 6 nitrogen and oxygen atoms in total. The van der Waals surface area contributed by atoms with Crippen LogP contribution in [0.2, 0.25) is 0 Å². The largest absolute Gasteiger partial charge is 0.695 e. The van der Waals surface area contributed by atoms with Gasteiger partial charge in [0.1, 0.15) is 6.61 Å². The van der Waals surface area contributed by atoms with Crippen LogP contribution in [-0.2, 0) is 15.7 Å². The van der Waals surface area contributed by atoms with Gasteiger partial charge in [-0.2, -0.15) is 0 Å². The Labute approximate surface area is 80.2 Å². The normalized spacial score (nSPS) is 11.1. The Kier molecular flexibility index (Phi) is 3.64. The van der Waals surface area contributed by atoms with Crippen molar-refractivity contribution in [1.82, 2.24) is 0 Å². The first-order valence-corrected chi connectivity index (χ1v) is 4.75. The van der Waals surface area contributed by atoms with Crippen LogP contribution in [0.15, 0.2) is 24.3 Å². The van der Waals surface area contributed by atoms with Crippen molar-refractivity contribution in [3.63, 3.8) is 0 Å². The Morgan fingerprint density at radius 1 is 1.57 bits per heavy atom. The number of non-ortho nitro benzene ring substituents is 1. The summed E-state index contributed by atoms with van der Waals surface area (Å²) in [6.45, 7) is -0.118. The second-order valence-electron chi connectivity index (χ2n) is 2.44. The van der Waals surface area contributed by atoms with E-state index in [0.29, 0.717) is 5.56 Å². The molecule has 0 aliphatic rings. The molecule has 0 amide bonds. The van der Waals surface area contributed by atoms with E-state index in [0.717, 1.165) is 0 Å². The lowest BCUT2D eigenvalue weighted by molar-refractivity contribution is -0.384. The van der Waals surface area contributed by atoms with E-state index in [9.17, 15) is 14.7 Å². The van der Waals surface area contributed by atoms with Crippen molar-refractivity contribution in [2.24, 2.45) is 0 Å². The van der Waals surface area contributed by atoms with Crippen molar-refractivity contribution in [2.45, 2.75) is 6.61 Å². The van der Waals surface area contributed by atoms with E-state index in [1.165, 1.54) is 18.2 Å². The number of nitro groups is 1. The summed E-state index contributed by atoms with van der Waals surface area (Å²) >= 11 is 0. The Balaban J connectivity index is 2.73. The minimum Gasteiger partial charge on any atom is -0.258 e. The molecule has 0 radical (unpaired) electrons. The molecule has 0 saturated carbocycles. The Morgan fingerprint density at radius 2 is 2.29 bits per heavy atom. The summed E-state index contributed by atoms with van der Waals surface area (Å²) in [7, 11) is -2.67. The lowest BCUT2D eigenvalue weighted by Gasteiger charge is -1.94. The zero-order chi connectivity index (χ0) is 10.6. The average molecular weight is 216 g/mol. The van der Waals surface area contributed by atoms with Gasteiger partial charge in [0.2, 0.25) is 0 Å². The smallest absolute Gasteiger partial charge is 0.258 e. The predicted octanol–water partition coefficient (Wildman–Crippen LogP) is 1.76. The molecule has 1 rings (SSSR count). The number of nitrogens with zero attached hydrogens (tertiary/aromatic N) is 1. The van der Waals surface area contributed by atoms with Crippen LogP contribution in [0.5, 0.6) is 0 Å². The van der Waals surface area contributed by atoms with E-state index in [1.807, 2.05) is 0 Å². The minimum absolute atomic E-state index is 0.0701. The van der Waals surface area contributed by atoms with Crippen LogP contribution in [0, 0.1) is 10.1 Å². The summed E-state index contributed by atoms with van der Waals surface area (Å²) in [6, 6.07) is 5.69. The van der Waals surface area contributed by atoms with Crippen molar-refractivity contribution in [1.29, 1.82) is 0 Å². The van der Waals surface area contributed by atoms with Gasteiger partial charge >= 0.3 is 8.25 Å². The van der Waals surface area contributed by atoms with Crippen molar-refractivity contribution in [3.05, 3.63) is 39.9 Å². The van der Waals surface area contributed by atoms with Crippen LogP contribution in [0.3, 0.4) is 0 Å². The molecule has 0 bridgehead atoms. The highest BCUT2D eigenvalue weighted by Gasteiger charge is 2.13. The molecule has 0 aliphatic carbocycles. The van der Waals surface area contributed by atoms with Gasteiger partial charge in [0, 0.05) is 16.7 Å². The van der Waals surface area contributed by atoms with Gasteiger partial charge in [0.15, 0.2) is 0 Å². The molecule has 1 aromatic carbocycles. The van der Waals surface area contributed by atoms with Crippen molar-refractivity contribution < 1.29 is 18.9 Å². The monoisotopic (exact) mass is 216 g/mol. The first-order valence-electron chi connectivity index (χ1n) is 3.62. The molecule has 14 heavy (non-hydrogen) atoms. The fourth-order valence-corrected chi connectivity index (χ4v) is 1.15. The maximum absolute atomic E-state index is 10.3. The third-order valence-electron chi connectivity index (χ3n) is 1.46. The highest BCUT2D eigenvalue weighted by Crippen LogP contribution is 2.20. The Hall–Kier alpha value is -1.36. The first kappa shape index (κ1) is 10.7. The Morgan fingerprint density at radius 3 is 2.86 bits per heavy atom. The van der Waals surface area contributed by atoms with Crippen molar-refractivity contribution in [3.8, 4) is 0 Å². The maximum Gasteiger partial charge on any atom is 0.695 e. The minimum atomic E-state index is -2.67. The lowest BCUT2D eigenvalue weighted by Crippen LogP contribution is -1.91. The fourth-order valence-electron chi connectivity index (χ4n) is 0.890. The van der Waals surface area contributed by atoms with E-state index in [1.54, 1.807) is 6.07 Å². The molecule has 0 aliphatic heterocycles. The molecule has 7 heteroatoms. The van der Waals surface area contributed by atoms with Crippen molar-refractivity contribution >= 4 is 13.9 Å². The first-order chi connectivity index (χ1) is 6.59. The van der Waals surface area contributed by atoms with Crippen LogP contribution in [0.25, 0.3) is 0 Å². The summed E-state index contributed by atoms with van der Waals surface area (Å²) in [6.07, 6.45) is 0. The summed E-state index contributed by atoms with van der Waals surface area (Å²) in [5, 5.41) is 10.3. The van der Waals surface area contributed by atoms with Gasteiger partial charge in [-0.25, -0.2) is 0 Å². The molecule has 0 spiro atoms. The number of hydrogen-bond acceptors (Lipinski definition) is 4. The van der Waals surface area contributed by atoms with Gasteiger partial charge in [-0.05, 0) is 5.56 Å². The topological polar surface area (TPSA) is 89.7 Å². The molecular formula is C7H7NO5P+. The number of nitro benzene ring substituents is 1. The van der Waals surface area contributed by atoms with Gasteiger partial charge < -0.3 is 0 Å². The predicted molar refractivity (Wildman–Crippen MR) is 47.7 cm³/mol. The second kappa shape index (κ2) is 4.76. The molecule has 0 heterocycles. The van der Waals surface area contributed by atoms with Crippen LogP contribution >= 0.6 is 8.25 Å². The quantitative estimate of drug-likeness (QED) is 0.470. The third-order valence-corrected chi connectivity index (χ3v) is 1.81. The van der Waals surface area contributed by atoms with E-state index >= 15 is 0 Å². The van der Waals surface area contributed by atoms with Crippen LogP contribution in [0.1, 0.15) is 5.56 Å². The zero-order valence-corrected chi connectivity index (χ0v) is 7.89. The van der Waals surface area contributed by atoms with Gasteiger partial charge in [0.25, 0.3) is 5.69 Å². The fraction of sp³-hybridized carbons (Fsp3) is 0.143. The number of rotatable bonds is 4. The van der Waals surface area contributed by atoms with Gasteiger partial charge in [-0.3, -0.25) is 10.1 Å². The highest BCUT2D eigenvalue weighted by molar-refractivity contribution is 7.32. The third kappa shape index (κ3) is 3.18.